The van der Waals surface area contributed by atoms with E-state index in [1.165, 1.54) is 19.2 Å². The zero-order chi connectivity index (χ0) is 26.2. The first-order chi connectivity index (χ1) is 17.7. The lowest BCUT2D eigenvalue weighted by molar-refractivity contribution is 0.417. The fourth-order valence-corrected chi connectivity index (χ4v) is 5.44. The minimum absolute atomic E-state index is 0.291. The maximum atomic E-state index is 13.7. The van der Waals surface area contributed by atoms with E-state index in [1.807, 2.05) is 52.1 Å². The van der Waals surface area contributed by atoms with Gasteiger partial charge in [-0.3, -0.25) is 9.71 Å². The molecule has 0 spiro atoms. The van der Waals surface area contributed by atoms with Crippen molar-refractivity contribution in [3.8, 4) is 11.4 Å². The Balaban J connectivity index is 1.66. The van der Waals surface area contributed by atoms with Gasteiger partial charge in [0.25, 0.3) is 0 Å². The molecule has 1 fully saturated rings. The summed E-state index contributed by atoms with van der Waals surface area (Å²) in [6.07, 6.45) is 4.71. The average molecular weight is 538 g/mol. The maximum Gasteiger partial charge on any atom is 0.229 e. The Bertz CT molecular complexity index is 1540. The van der Waals surface area contributed by atoms with E-state index in [-0.39, 0.29) is 17.9 Å². The van der Waals surface area contributed by atoms with Crippen LogP contribution in [0.4, 0.5) is 15.8 Å². The normalized spacial score (nSPS) is 17.5. The Morgan fingerprint density at radius 2 is 1.81 bits per heavy atom. The summed E-state index contributed by atoms with van der Waals surface area (Å²) >= 11 is 5.80. The van der Waals surface area contributed by atoms with Gasteiger partial charge in [-0.25, -0.2) is 12.8 Å². The monoisotopic (exact) mass is 537 g/mol. The van der Waals surface area contributed by atoms with Gasteiger partial charge in [0.15, 0.2) is 5.11 Å². The molecule has 2 atom stereocenters. The van der Waals surface area contributed by atoms with Crippen LogP contribution in [-0.4, -0.2) is 36.4 Å². The number of sulfonamides is 1. The van der Waals surface area contributed by atoms with Crippen molar-refractivity contribution >= 4 is 38.7 Å². The van der Waals surface area contributed by atoms with Crippen molar-refractivity contribution in [1.82, 2.24) is 14.9 Å². The molecule has 1 aliphatic heterocycles. The number of benzene rings is 2. The fraction of sp³-hybridized carbons (Fsp3) is 0.154. The number of pyridine rings is 1. The summed E-state index contributed by atoms with van der Waals surface area (Å²) in [5, 5.41) is 3.84. The average Bonchev–Trinajstić information content (AvgIpc) is 3.48. The summed E-state index contributed by atoms with van der Waals surface area (Å²) in [5.41, 5.74) is 3.39. The Kier molecular flexibility index (Phi) is 6.57. The lowest BCUT2D eigenvalue weighted by Crippen LogP contribution is -2.30. The molecular formula is C26H24FN5O3S2. The lowest BCUT2D eigenvalue weighted by Gasteiger charge is -2.29. The van der Waals surface area contributed by atoms with Crippen molar-refractivity contribution in [2.45, 2.75) is 12.1 Å². The number of nitrogens with zero attached hydrogens (tertiary/aromatic N) is 3. The number of thiocarbonyl (C=S) groups is 1. The van der Waals surface area contributed by atoms with E-state index in [1.54, 1.807) is 30.5 Å². The summed E-state index contributed by atoms with van der Waals surface area (Å²) < 4.78 is 47.6. The summed E-state index contributed by atoms with van der Waals surface area (Å²) in [6.45, 7) is 0. The lowest BCUT2D eigenvalue weighted by atomic mass is 10.0. The van der Waals surface area contributed by atoms with Crippen LogP contribution < -0.4 is 19.7 Å². The molecule has 0 amide bonds. The third-order valence-corrected chi connectivity index (χ3v) is 6.95. The number of rotatable bonds is 7. The van der Waals surface area contributed by atoms with E-state index in [0.29, 0.717) is 22.2 Å². The van der Waals surface area contributed by atoms with Crippen LogP contribution in [0.25, 0.3) is 5.69 Å². The van der Waals surface area contributed by atoms with Crippen molar-refractivity contribution < 1.29 is 17.5 Å². The summed E-state index contributed by atoms with van der Waals surface area (Å²) in [5.74, 6) is 0.0538. The number of methoxy groups -OCH3 is 1. The smallest absolute Gasteiger partial charge is 0.229 e. The van der Waals surface area contributed by atoms with E-state index in [4.69, 9.17) is 17.0 Å². The number of ether oxygens (including phenoxy) is 1. The summed E-state index contributed by atoms with van der Waals surface area (Å²) in [6, 6.07) is 20.3. The van der Waals surface area contributed by atoms with Gasteiger partial charge in [0, 0.05) is 29.5 Å². The molecule has 4 aromatic rings. The topological polar surface area (TPSA) is 88.5 Å². The molecule has 0 saturated carbocycles. The van der Waals surface area contributed by atoms with Crippen LogP contribution in [0.3, 0.4) is 0 Å². The van der Waals surface area contributed by atoms with Crippen LogP contribution >= 0.6 is 12.2 Å². The molecule has 2 aromatic carbocycles. The van der Waals surface area contributed by atoms with Crippen LogP contribution in [-0.2, 0) is 10.0 Å². The van der Waals surface area contributed by atoms with Crippen LogP contribution in [0.1, 0.15) is 23.5 Å². The van der Waals surface area contributed by atoms with Crippen LogP contribution in [0.2, 0.25) is 0 Å². The van der Waals surface area contributed by atoms with Crippen LogP contribution in [0, 0.1) is 5.82 Å². The van der Waals surface area contributed by atoms with Gasteiger partial charge >= 0.3 is 0 Å². The third kappa shape index (κ3) is 5.00. The maximum absolute atomic E-state index is 13.7. The molecule has 190 valence electrons. The third-order valence-electron chi connectivity index (χ3n) is 6.04. The largest absolute Gasteiger partial charge is 0.495 e. The van der Waals surface area contributed by atoms with E-state index in [9.17, 15) is 12.8 Å². The van der Waals surface area contributed by atoms with Gasteiger partial charge in [-0.05, 0) is 78.9 Å². The Hall–Kier alpha value is -3.96. The van der Waals surface area contributed by atoms with Gasteiger partial charge in [-0.1, -0.05) is 6.07 Å². The number of anilines is 2. The molecule has 2 N–H and O–H groups in total. The van der Waals surface area contributed by atoms with Gasteiger partial charge in [-0.15, -0.1) is 0 Å². The highest BCUT2D eigenvalue weighted by molar-refractivity contribution is 7.92. The van der Waals surface area contributed by atoms with E-state index in [2.05, 4.69) is 15.0 Å². The standard InChI is InChI=1S/C26H24FN5O3S2/c1-35-23-13-12-19(16-21(23)30-37(2,33)34)32-25(24(29-26(32)36)20-6-3-4-14-28-20)22-7-5-15-31(22)18-10-8-17(27)9-11-18/h3-16,24-25,30H,1-2H3,(H,29,36). The van der Waals surface area contributed by atoms with Crippen LogP contribution in [0.15, 0.2) is 85.2 Å². The van der Waals surface area contributed by atoms with Gasteiger partial charge in [-0.2, -0.15) is 0 Å². The predicted molar refractivity (Wildman–Crippen MR) is 145 cm³/mol. The first kappa shape index (κ1) is 24.7. The van der Waals surface area contributed by atoms with Crippen molar-refractivity contribution in [3.63, 3.8) is 0 Å². The zero-order valence-corrected chi connectivity index (χ0v) is 21.6. The number of halogens is 1. The van der Waals surface area contributed by atoms with Crippen molar-refractivity contribution in [2.75, 3.05) is 23.0 Å². The van der Waals surface area contributed by atoms with E-state index >= 15 is 0 Å². The highest BCUT2D eigenvalue weighted by atomic mass is 32.2. The van der Waals surface area contributed by atoms with Gasteiger partial charge in [0.2, 0.25) is 10.0 Å². The molecule has 3 heterocycles. The minimum atomic E-state index is -3.56. The molecule has 2 aromatic heterocycles. The Labute approximate surface area is 219 Å². The van der Waals surface area contributed by atoms with Gasteiger partial charge in [0.1, 0.15) is 17.6 Å². The molecule has 37 heavy (non-hydrogen) atoms. The Morgan fingerprint density at radius 3 is 2.49 bits per heavy atom. The highest BCUT2D eigenvalue weighted by Crippen LogP contribution is 2.43. The molecule has 0 radical (unpaired) electrons. The molecule has 11 heteroatoms. The molecule has 0 aliphatic carbocycles. The second-order valence-electron chi connectivity index (χ2n) is 8.53. The number of aromatic nitrogens is 2. The van der Waals surface area contributed by atoms with Crippen molar-refractivity contribution in [3.05, 3.63) is 102 Å². The minimum Gasteiger partial charge on any atom is -0.495 e. The van der Waals surface area contributed by atoms with Crippen molar-refractivity contribution in [1.29, 1.82) is 0 Å². The molecule has 8 nitrogen and oxygen atoms in total. The second kappa shape index (κ2) is 9.83. The number of nitrogens with one attached hydrogen (secondary N) is 2. The van der Waals surface area contributed by atoms with Crippen LogP contribution in [0.5, 0.6) is 5.75 Å². The second-order valence-corrected chi connectivity index (χ2v) is 10.7. The predicted octanol–water partition coefficient (Wildman–Crippen LogP) is 4.57. The summed E-state index contributed by atoms with van der Waals surface area (Å²) in [4.78, 5) is 6.50. The molecule has 2 unspecified atom stereocenters. The number of hydrogen-bond acceptors (Lipinski definition) is 5. The Morgan fingerprint density at radius 1 is 1.05 bits per heavy atom. The first-order valence-electron chi connectivity index (χ1n) is 11.3. The van der Waals surface area contributed by atoms with Gasteiger partial charge in [0.05, 0.1) is 30.8 Å². The zero-order valence-electron chi connectivity index (χ0n) is 20.0. The first-order valence-corrected chi connectivity index (χ1v) is 13.6. The van der Waals surface area contributed by atoms with Crippen molar-refractivity contribution in [2.24, 2.45) is 0 Å². The number of hydrogen-bond donors (Lipinski definition) is 2. The quantitative estimate of drug-likeness (QED) is 0.334. The molecule has 1 saturated heterocycles. The highest BCUT2D eigenvalue weighted by Gasteiger charge is 2.42. The van der Waals surface area contributed by atoms with Gasteiger partial charge < -0.3 is 19.5 Å². The molecule has 5 rings (SSSR count). The summed E-state index contributed by atoms with van der Waals surface area (Å²) in [7, 11) is -2.09. The molecule has 1 aliphatic rings. The fourth-order valence-electron chi connectivity index (χ4n) is 4.53. The molecular weight excluding hydrogens is 513 g/mol. The SMILES string of the molecule is COc1ccc(N2C(=S)NC(c3ccccn3)C2c2cccn2-c2ccc(F)cc2)cc1NS(C)(=O)=O. The van der Waals surface area contributed by atoms with E-state index < -0.39 is 10.0 Å². The molecule has 0 bridgehead atoms. The van der Waals surface area contributed by atoms with E-state index in [0.717, 1.165) is 23.3 Å².